The quantitative estimate of drug-likeness (QED) is 0.0812. The molecular formula is C19H32N6O10. The summed E-state index contributed by atoms with van der Waals surface area (Å²) >= 11 is 0. The molecular weight excluding hydrogens is 472 g/mol. The van der Waals surface area contributed by atoms with E-state index in [0.29, 0.717) is 19.4 Å². The van der Waals surface area contributed by atoms with E-state index in [0.717, 1.165) is 0 Å². The number of rotatable bonds is 18. The smallest absolute Gasteiger partial charge is 0.326 e. The summed E-state index contributed by atoms with van der Waals surface area (Å²) in [5.41, 5.74) is 15.9. The molecule has 0 heterocycles. The van der Waals surface area contributed by atoms with Crippen LogP contribution >= 0.6 is 0 Å². The summed E-state index contributed by atoms with van der Waals surface area (Å²) in [7, 11) is 0. The Morgan fingerprint density at radius 1 is 0.686 bits per heavy atom. The van der Waals surface area contributed by atoms with Crippen LogP contribution in [0.5, 0.6) is 0 Å². The molecule has 0 rings (SSSR count). The minimum atomic E-state index is -1.78. The molecule has 16 heteroatoms. The normalized spacial score (nSPS) is 14.0. The molecule has 35 heavy (non-hydrogen) atoms. The number of nitrogens with one attached hydrogen (secondary N) is 3. The molecule has 0 aliphatic heterocycles. The zero-order chi connectivity index (χ0) is 27.1. The number of carbonyl (C=O) groups excluding carboxylic acids is 4. The van der Waals surface area contributed by atoms with Crippen LogP contribution in [0.3, 0.4) is 0 Å². The summed E-state index contributed by atoms with van der Waals surface area (Å²) in [4.78, 5) is 81.9. The van der Waals surface area contributed by atoms with Crippen LogP contribution in [0, 0.1) is 0 Å². The van der Waals surface area contributed by atoms with E-state index in [2.05, 4.69) is 10.6 Å². The van der Waals surface area contributed by atoms with Crippen LogP contribution in [-0.4, -0.2) is 87.6 Å². The van der Waals surface area contributed by atoms with Gasteiger partial charge in [0.1, 0.15) is 18.1 Å². The van der Waals surface area contributed by atoms with Crippen LogP contribution in [0.1, 0.15) is 44.9 Å². The lowest BCUT2D eigenvalue weighted by atomic mass is 10.1. The molecule has 0 aliphatic rings. The van der Waals surface area contributed by atoms with Crippen LogP contribution in [0.4, 0.5) is 0 Å². The van der Waals surface area contributed by atoms with Crippen molar-refractivity contribution in [2.75, 3.05) is 6.54 Å². The Hall–Kier alpha value is -3.79. The van der Waals surface area contributed by atoms with Gasteiger partial charge in [-0.1, -0.05) is 0 Å². The number of primary amides is 1. The number of carboxylic acid groups (broad SMARTS) is 3. The molecule has 0 aliphatic carbocycles. The average Bonchev–Trinajstić information content (AvgIpc) is 2.74. The van der Waals surface area contributed by atoms with Crippen molar-refractivity contribution in [2.45, 2.75) is 69.1 Å². The van der Waals surface area contributed by atoms with Crippen LogP contribution in [0.15, 0.2) is 0 Å². The van der Waals surface area contributed by atoms with E-state index < -0.39 is 78.5 Å². The van der Waals surface area contributed by atoms with Crippen molar-refractivity contribution in [2.24, 2.45) is 17.2 Å². The van der Waals surface area contributed by atoms with E-state index in [4.69, 9.17) is 27.4 Å². The third kappa shape index (κ3) is 13.5. The molecule has 0 aromatic carbocycles. The number of hydrogen-bond donors (Lipinski definition) is 9. The molecule has 0 radical (unpaired) electrons. The van der Waals surface area contributed by atoms with Gasteiger partial charge in [0.05, 0.1) is 18.9 Å². The summed E-state index contributed by atoms with van der Waals surface area (Å²) < 4.78 is 0. The monoisotopic (exact) mass is 504 g/mol. The highest BCUT2D eigenvalue weighted by Crippen LogP contribution is 2.04. The van der Waals surface area contributed by atoms with Crippen molar-refractivity contribution < 1.29 is 48.9 Å². The Labute approximate surface area is 199 Å². The Balaban J connectivity index is 5.47. The Morgan fingerprint density at radius 2 is 1.14 bits per heavy atom. The molecule has 0 bridgehead atoms. The third-order valence-electron chi connectivity index (χ3n) is 4.62. The molecule has 0 saturated carbocycles. The number of hydrogen-bond acceptors (Lipinski definition) is 9. The van der Waals surface area contributed by atoms with Gasteiger partial charge in [-0.25, -0.2) is 4.79 Å². The van der Waals surface area contributed by atoms with Crippen molar-refractivity contribution in [3.05, 3.63) is 0 Å². The zero-order valence-electron chi connectivity index (χ0n) is 18.9. The molecule has 4 atom stereocenters. The van der Waals surface area contributed by atoms with Gasteiger partial charge in [-0.2, -0.15) is 0 Å². The van der Waals surface area contributed by atoms with Gasteiger partial charge in [-0.15, -0.1) is 0 Å². The standard InChI is InChI=1S/C19H32N6O10/c20-6-2-1-3-10(19(34)35)23-17(32)12(8-15(29)30)25-18(33)11(7-14(27)28)24-16(31)9(21)4-5-13(22)26/h9-12H,1-8,20-21H2,(H2,22,26)(H,23,32)(H,24,31)(H,25,33)(H,27,28)(H,29,30)(H,34,35). The molecule has 0 fully saturated rings. The highest BCUT2D eigenvalue weighted by Gasteiger charge is 2.32. The van der Waals surface area contributed by atoms with E-state index in [1.54, 1.807) is 0 Å². The Bertz CT molecular complexity index is 805. The Morgan fingerprint density at radius 3 is 1.54 bits per heavy atom. The molecule has 0 aromatic rings. The predicted molar refractivity (Wildman–Crippen MR) is 117 cm³/mol. The van der Waals surface area contributed by atoms with Gasteiger partial charge in [0, 0.05) is 6.42 Å². The van der Waals surface area contributed by atoms with Gasteiger partial charge in [0.15, 0.2) is 0 Å². The maximum absolute atomic E-state index is 12.6. The number of carboxylic acids is 3. The second-order valence-electron chi connectivity index (χ2n) is 7.61. The summed E-state index contributed by atoms with van der Waals surface area (Å²) in [6.45, 7) is 0.293. The predicted octanol–water partition coefficient (Wildman–Crippen LogP) is -3.80. The van der Waals surface area contributed by atoms with Crippen LogP contribution in [-0.2, 0) is 33.6 Å². The molecule has 198 valence electrons. The maximum atomic E-state index is 12.6. The van der Waals surface area contributed by atoms with Crippen LogP contribution in [0.25, 0.3) is 0 Å². The Kier molecular flexibility index (Phi) is 14.2. The number of aliphatic carboxylic acids is 3. The van der Waals surface area contributed by atoms with E-state index in [9.17, 15) is 38.7 Å². The van der Waals surface area contributed by atoms with Crippen molar-refractivity contribution in [3.8, 4) is 0 Å². The molecule has 0 aromatic heterocycles. The first-order valence-electron chi connectivity index (χ1n) is 10.6. The van der Waals surface area contributed by atoms with Crippen molar-refractivity contribution in [1.82, 2.24) is 16.0 Å². The molecule has 0 spiro atoms. The number of amides is 4. The lowest BCUT2D eigenvalue weighted by Crippen LogP contribution is -2.57. The third-order valence-corrected chi connectivity index (χ3v) is 4.62. The van der Waals surface area contributed by atoms with E-state index in [1.165, 1.54) is 0 Å². The average molecular weight is 504 g/mol. The minimum Gasteiger partial charge on any atom is -0.481 e. The first-order chi connectivity index (χ1) is 16.3. The van der Waals surface area contributed by atoms with Gasteiger partial charge < -0.3 is 48.5 Å². The van der Waals surface area contributed by atoms with Gasteiger partial charge >= 0.3 is 17.9 Å². The highest BCUT2D eigenvalue weighted by atomic mass is 16.4. The van der Waals surface area contributed by atoms with Crippen molar-refractivity contribution >= 4 is 41.5 Å². The van der Waals surface area contributed by atoms with Crippen molar-refractivity contribution in [1.29, 1.82) is 0 Å². The second kappa shape index (κ2) is 15.9. The molecule has 4 amide bonds. The first-order valence-corrected chi connectivity index (χ1v) is 10.6. The lowest BCUT2D eigenvalue weighted by Gasteiger charge is -2.24. The van der Waals surface area contributed by atoms with Gasteiger partial charge in [-0.05, 0) is 32.2 Å². The zero-order valence-corrected chi connectivity index (χ0v) is 18.9. The topological polar surface area (TPSA) is 294 Å². The van der Waals surface area contributed by atoms with E-state index >= 15 is 0 Å². The SMILES string of the molecule is NCCCCC(NC(=O)C(CC(=O)O)NC(=O)C(CC(=O)O)NC(=O)C(N)CCC(N)=O)C(=O)O. The fraction of sp³-hybridized carbons (Fsp3) is 0.632. The van der Waals surface area contributed by atoms with Crippen LogP contribution < -0.4 is 33.2 Å². The number of nitrogens with two attached hydrogens (primary N) is 3. The molecule has 16 nitrogen and oxygen atoms in total. The molecule has 0 saturated heterocycles. The molecule has 12 N–H and O–H groups in total. The summed E-state index contributed by atoms with van der Waals surface area (Å²) in [5, 5.41) is 33.6. The molecule has 4 unspecified atom stereocenters. The fourth-order valence-electron chi connectivity index (χ4n) is 2.77. The summed E-state index contributed by atoms with van der Waals surface area (Å²) in [5.74, 6) is -8.51. The second-order valence-corrected chi connectivity index (χ2v) is 7.61. The highest BCUT2D eigenvalue weighted by molar-refractivity contribution is 5.96. The fourth-order valence-corrected chi connectivity index (χ4v) is 2.77. The van der Waals surface area contributed by atoms with E-state index in [-0.39, 0.29) is 19.3 Å². The first kappa shape index (κ1) is 31.2. The van der Waals surface area contributed by atoms with Gasteiger partial charge in [0.2, 0.25) is 23.6 Å². The maximum Gasteiger partial charge on any atom is 0.326 e. The number of unbranched alkanes of at least 4 members (excludes halogenated alkanes) is 1. The lowest BCUT2D eigenvalue weighted by molar-refractivity contribution is -0.145. The van der Waals surface area contributed by atoms with Crippen molar-refractivity contribution in [3.63, 3.8) is 0 Å². The van der Waals surface area contributed by atoms with Crippen LogP contribution in [0.2, 0.25) is 0 Å². The summed E-state index contributed by atoms with van der Waals surface area (Å²) in [6, 6.07) is -6.24. The largest absolute Gasteiger partial charge is 0.481 e. The van der Waals surface area contributed by atoms with E-state index in [1.807, 2.05) is 5.32 Å². The van der Waals surface area contributed by atoms with Gasteiger partial charge in [0.25, 0.3) is 0 Å². The number of carbonyl (C=O) groups is 7. The minimum absolute atomic E-state index is 0.00704. The summed E-state index contributed by atoms with van der Waals surface area (Å²) in [6.07, 6.45) is -1.52. The van der Waals surface area contributed by atoms with Gasteiger partial charge in [-0.3, -0.25) is 28.8 Å².